The Kier molecular flexibility index (Phi) is 3.29. The van der Waals surface area contributed by atoms with Crippen molar-refractivity contribution in [2.75, 3.05) is 0 Å². The summed E-state index contributed by atoms with van der Waals surface area (Å²) in [6.07, 6.45) is -0.0738. The number of carboxylic acids is 1. The van der Waals surface area contributed by atoms with E-state index in [4.69, 9.17) is 10.4 Å². The van der Waals surface area contributed by atoms with Crippen molar-refractivity contribution in [1.82, 2.24) is 14.8 Å². The third-order valence-corrected chi connectivity index (χ3v) is 2.84. The van der Waals surface area contributed by atoms with E-state index in [1.807, 2.05) is 6.07 Å². The zero-order valence-electron chi connectivity index (χ0n) is 10.6. The molecule has 0 saturated carbocycles. The lowest BCUT2D eigenvalue weighted by Gasteiger charge is -2.03. The number of aryl methyl sites for hydroxylation is 1. The second-order valence-electron chi connectivity index (χ2n) is 4.12. The fourth-order valence-electron chi connectivity index (χ4n) is 1.91. The molecule has 0 aliphatic carbocycles. The number of nitrogens with zero attached hydrogens (tertiary/aromatic N) is 4. The molecule has 19 heavy (non-hydrogen) atoms. The van der Waals surface area contributed by atoms with E-state index in [-0.39, 0.29) is 6.42 Å². The van der Waals surface area contributed by atoms with Gasteiger partial charge in [0.1, 0.15) is 11.8 Å². The van der Waals surface area contributed by atoms with Crippen molar-refractivity contribution >= 4 is 5.97 Å². The molecule has 0 radical (unpaired) electrons. The van der Waals surface area contributed by atoms with Crippen molar-refractivity contribution in [3.8, 4) is 11.9 Å². The first-order chi connectivity index (χ1) is 9.02. The molecule has 6 heteroatoms. The first-order valence-corrected chi connectivity index (χ1v) is 5.67. The van der Waals surface area contributed by atoms with Crippen molar-refractivity contribution in [2.45, 2.75) is 20.3 Å². The summed E-state index contributed by atoms with van der Waals surface area (Å²) in [6.45, 7) is 3.55. The van der Waals surface area contributed by atoms with Crippen molar-refractivity contribution in [3.05, 3.63) is 40.8 Å². The lowest BCUT2D eigenvalue weighted by Crippen LogP contribution is -2.05. The van der Waals surface area contributed by atoms with E-state index in [2.05, 4.69) is 10.1 Å². The number of pyridine rings is 1. The quantitative estimate of drug-likeness (QED) is 0.895. The Bertz CT molecular complexity index is 682. The van der Waals surface area contributed by atoms with Crippen LogP contribution < -0.4 is 0 Å². The average molecular weight is 256 g/mol. The Balaban J connectivity index is 2.51. The number of carboxylic acid groups (broad SMARTS) is 1. The van der Waals surface area contributed by atoms with Crippen LogP contribution in [0.2, 0.25) is 0 Å². The maximum atomic E-state index is 10.8. The second-order valence-corrected chi connectivity index (χ2v) is 4.12. The molecular weight excluding hydrogens is 244 g/mol. The fourth-order valence-corrected chi connectivity index (χ4v) is 1.91. The number of carbonyl (C=O) groups is 1. The summed E-state index contributed by atoms with van der Waals surface area (Å²) in [4.78, 5) is 15.0. The maximum Gasteiger partial charge on any atom is 0.307 e. The third kappa shape index (κ3) is 2.45. The van der Waals surface area contributed by atoms with Crippen LogP contribution in [0.4, 0.5) is 0 Å². The molecule has 0 aliphatic rings. The molecule has 2 rings (SSSR count). The van der Waals surface area contributed by atoms with E-state index in [0.717, 1.165) is 5.69 Å². The number of hydrogen-bond donors (Lipinski definition) is 1. The van der Waals surface area contributed by atoms with Crippen LogP contribution in [0.5, 0.6) is 0 Å². The lowest BCUT2D eigenvalue weighted by atomic mass is 10.1. The highest BCUT2D eigenvalue weighted by atomic mass is 16.4. The normalized spacial score (nSPS) is 10.2. The molecule has 0 fully saturated rings. The Labute approximate surface area is 109 Å². The molecular formula is C13H12N4O2. The zero-order chi connectivity index (χ0) is 14.0. The molecule has 2 heterocycles. The summed E-state index contributed by atoms with van der Waals surface area (Å²) < 4.78 is 1.56. The Hall–Kier alpha value is -2.68. The molecule has 0 spiro atoms. The first-order valence-electron chi connectivity index (χ1n) is 5.67. The van der Waals surface area contributed by atoms with Gasteiger partial charge < -0.3 is 5.11 Å². The predicted octanol–water partition coefficient (Wildman–Crippen LogP) is 1.38. The van der Waals surface area contributed by atoms with Crippen molar-refractivity contribution in [2.24, 2.45) is 0 Å². The summed E-state index contributed by atoms with van der Waals surface area (Å²) >= 11 is 0. The monoisotopic (exact) mass is 256 g/mol. The van der Waals surface area contributed by atoms with Gasteiger partial charge >= 0.3 is 5.97 Å². The molecule has 0 saturated heterocycles. The molecule has 6 nitrogen and oxygen atoms in total. The van der Waals surface area contributed by atoms with Gasteiger partial charge in [0, 0.05) is 11.3 Å². The van der Waals surface area contributed by atoms with Gasteiger partial charge in [-0.3, -0.25) is 4.79 Å². The van der Waals surface area contributed by atoms with Crippen molar-refractivity contribution in [1.29, 1.82) is 5.26 Å². The van der Waals surface area contributed by atoms with Crippen LogP contribution in [-0.2, 0) is 11.2 Å². The minimum atomic E-state index is -0.899. The van der Waals surface area contributed by atoms with Crippen LogP contribution in [0.1, 0.15) is 22.6 Å². The maximum absolute atomic E-state index is 10.8. The zero-order valence-corrected chi connectivity index (χ0v) is 10.6. The molecule has 1 N–H and O–H groups in total. The lowest BCUT2D eigenvalue weighted by molar-refractivity contribution is -0.136. The Morgan fingerprint density at radius 2 is 2.21 bits per heavy atom. The van der Waals surface area contributed by atoms with E-state index >= 15 is 0 Å². The van der Waals surface area contributed by atoms with Crippen LogP contribution in [0.3, 0.4) is 0 Å². The van der Waals surface area contributed by atoms with Gasteiger partial charge in [0.2, 0.25) is 0 Å². The van der Waals surface area contributed by atoms with Gasteiger partial charge in [0.25, 0.3) is 0 Å². The van der Waals surface area contributed by atoms with Gasteiger partial charge in [0.15, 0.2) is 5.82 Å². The van der Waals surface area contributed by atoms with E-state index in [9.17, 15) is 4.79 Å². The molecule has 2 aromatic heterocycles. The van der Waals surface area contributed by atoms with Crippen LogP contribution in [0, 0.1) is 25.2 Å². The van der Waals surface area contributed by atoms with E-state index in [1.165, 1.54) is 0 Å². The standard InChI is InChI=1S/C13H12N4O2/c1-8-11(6-13(18)19)9(2)17(16-8)12-5-3-4-10(7-14)15-12/h3-5H,6H2,1-2H3,(H,18,19). The Morgan fingerprint density at radius 3 is 2.84 bits per heavy atom. The molecule has 0 atom stereocenters. The third-order valence-electron chi connectivity index (χ3n) is 2.84. The van der Waals surface area contributed by atoms with E-state index < -0.39 is 5.97 Å². The number of nitriles is 1. The van der Waals surface area contributed by atoms with Gasteiger partial charge in [-0.05, 0) is 26.0 Å². The minimum Gasteiger partial charge on any atom is -0.481 e. The van der Waals surface area contributed by atoms with E-state index in [1.54, 1.807) is 36.7 Å². The molecule has 96 valence electrons. The summed E-state index contributed by atoms with van der Waals surface area (Å²) in [5, 5.41) is 22.0. The second kappa shape index (κ2) is 4.90. The SMILES string of the molecule is Cc1nn(-c2cccc(C#N)n2)c(C)c1CC(=O)O. The highest BCUT2D eigenvalue weighted by molar-refractivity contribution is 5.71. The number of hydrogen-bond acceptors (Lipinski definition) is 4. The molecule has 0 unspecified atom stereocenters. The largest absolute Gasteiger partial charge is 0.481 e. The highest BCUT2D eigenvalue weighted by Gasteiger charge is 2.16. The van der Waals surface area contributed by atoms with Gasteiger partial charge in [-0.15, -0.1) is 0 Å². The van der Waals surface area contributed by atoms with Gasteiger partial charge in [-0.2, -0.15) is 10.4 Å². The topological polar surface area (TPSA) is 91.8 Å². The van der Waals surface area contributed by atoms with Gasteiger partial charge in [0.05, 0.1) is 12.1 Å². The Morgan fingerprint density at radius 1 is 1.47 bits per heavy atom. The van der Waals surface area contributed by atoms with Crippen LogP contribution in [0.15, 0.2) is 18.2 Å². The van der Waals surface area contributed by atoms with Crippen LogP contribution in [-0.4, -0.2) is 25.8 Å². The molecule has 0 amide bonds. The molecule has 0 bridgehead atoms. The highest BCUT2D eigenvalue weighted by Crippen LogP contribution is 2.17. The summed E-state index contributed by atoms with van der Waals surface area (Å²) in [7, 11) is 0. The predicted molar refractivity (Wildman–Crippen MR) is 66.9 cm³/mol. The fraction of sp³-hybridized carbons (Fsp3) is 0.231. The summed E-state index contributed by atoms with van der Waals surface area (Å²) in [5.74, 6) is -0.388. The number of rotatable bonds is 3. The van der Waals surface area contributed by atoms with Crippen LogP contribution >= 0.6 is 0 Å². The number of aromatic nitrogens is 3. The summed E-state index contributed by atoms with van der Waals surface area (Å²) in [5.41, 5.74) is 2.35. The smallest absolute Gasteiger partial charge is 0.307 e. The molecule has 2 aromatic rings. The van der Waals surface area contributed by atoms with Gasteiger partial charge in [-0.1, -0.05) is 6.07 Å². The molecule has 0 aromatic carbocycles. The first kappa shape index (κ1) is 12.8. The average Bonchev–Trinajstić information content (AvgIpc) is 2.66. The summed E-state index contributed by atoms with van der Waals surface area (Å²) in [6, 6.07) is 7.01. The van der Waals surface area contributed by atoms with Crippen LogP contribution in [0.25, 0.3) is 5.82 Å². The van der Waals surface area contributed by atoms with E-state index in [0.29, 0.717) is 22.8 Å². The van der Waals surface area contributed by atoms with Crippen molar-refractivity contribution in [3.63, 3.8) is 0 Å². The minimum absolute atomic E-state index is 0.0738. The van der Waals surface area contributed by atoms with Gasteiger partial charge in [-0.25, -0.2) is 9.67 Å². The number of aliphatic carboxylic acids is 1. The molecule has 0 aliphatic heterocycles. The van der Waals surface area contributed by atoms with Crippen molar-refractivity contribution < 1.29 is 9.90 Å².